The van der Waals surface area contributed by atoms with Crippen molar-refractivity contribution in [3.8, 4) is 0 Å². The number of carbonyl (C=O) groups excluding carboxylic acids is 1. The summed E-state index contributed by atoms with van der Waals surface area (Å²) in [6, 6.07) is 1.95. The molecule has 31 heavy (non-hydrogen) atoms. The van der Waals surface area contributed by atoms with Gasteiger partial charge in [0.05, 0.1) is 24.6 Å². The molecule has 1 unspecified atom stereocenters. The summed E-state index contributed by atoms with van der Waals surface area (Å²) in [7, 11) is 0. The molecule has 11 heteroatoms. The van der Waals surface area contributed by atoms with Gasteiger partial charge in [0.15, 0.2) is 0 Å². The highest BCUT2D eigenvalue weighted by Crippen LogP contribution is 2.22. The molecule has 4 rings (SSSR count). The number of carbonyl (C=O) groups is 2. The summed E-state index contributed by atoms with van der Waals surface area (Å²) >= 11 is 0. The highest BCUT2D eigenvalue weighted by molar-refractivity contribution is 5.69. The van der Waals surface area contributed by atoms with Crippen LogP contribution in [0.25, 0.3) is 0 Å². The van der Waals surface area contributed by atoms with Crippen LogP contribution in [0.1, 0.15) is 25.7 Å². The fraction of sp³-hybridized carbons (Fsp3) is 0.700. The lowest BCUT2D eigenvalue weighted by Crippen LogP contribution is -2.54. The number of amides is 1. The van der Waals surface area contributed by atoms with Crippen LogP contribution >= 0.6 is 0 Å². The number of ether oxygens (including phenoxy) is 2. The fourth-order valence-corrected chi connectivity index (χ4v) is 4.49. The third kappa shape index (κ3) is 5.73. The van der Waals surface area contributed by atoms with Crippen molar-refractivity contribution in [2.75, 3.05) is 57.3 Å². The van der Waals surface area contributed by atoms with Gasteiger partial charge < -0.3 is 24.4 Å². The zero-order valence-corrected chi connectivity index (χ0v) is 17.6. The molecule has 11 nitrogen and oxygen atoms in total. The molecule has 1 atom stereocenters. The highest BCUT2D eigenvalue weighted by atomic mass is 16.7. The van der Waals surface area contributed by atoms with Crippen LogP contribution in [-0.4, -0.2) is 107 Å². The number of piperazine rings is 1. The van der Waals surface area contributed by atoms with E-state index in [0.29, 0.717) is 6.54 Å². The second-order valence-electron chi connectivity index (χ2n) is 8.20. The number of aromatic nitrogens is 2. The Labute approximate surface area is 181 Å². The molecular weight excluding hydrogens is 404 g/mol. The second kappa shape index (κ2) is 10.1. The lowest BCUT2D eigenvalue weighted by atomic mass is 10.1. The quantitative estimate of drug-likeness (QED) is 0.630. The molecule has 1 aromatic rings. The molecule has 170 valence electrons. The van der Waals surface area contributed by atoms with Crippen LogP contribution in [0.3, 0.4) is 0 Å². The topological polar surface area (TPSA) is 112 Å². The normalized spacial score (nSPS) is 23.7. The number of piperidine rings is 1. The average Bonchev–Trinajstić information content (AvgIpc) is 3.16. The van der Waals surface area contributed by atoms with Crippen molar-refractivity contribution >= 4 is 17.9 Å². The minimum atomic E-state index is -1.19. The number of cyclic esters (lactones) is 1. The maximum absolute atomic E-state index is 12.4. The molecule has 0 aliphatic carbocycles. The molecule has 1 amide bonds. The Morgan fingerprint density at radius 1 is 1.16 bits per heavy atom. The Morgan fingerprint density at radius 3 is 2.61 bits per heavy atom. The second-order valence-corrected chi connectivity index (χ2v) is 8.20. The van der Waals surface area contributed by atoms with Crippen LogP contribution in [-0.2, 0) is 9.47 Å². The van der Waals surface area contributed by atoms with E-state index in [1.165, 1.54) is 0 Å². The lowest BCUT2D eigenvalue weighted by molar-refractivity contribution is 0.0187. The largest absolute Gasteiger partial charge is 0.506 e. The molecule has 3 aliphatic rings. The first-order valence-electron chi connectivity index (χ1n) is 10.9. The van der Waals surface area contributed by atoms with Crippen molar-refractivity contribution in [2.24, 2.45) is 0 Å². The third-order valence-electron chi connectivity index (χ3n) is 6.19. The summed E-state index contributed by atoms with van der Waals surface area (Å²) in [5.41, 5.74) is 1.05. The first-order chi connectivity index (χ1) is 15.1. The number of rotatable bonds is 7. The average molecular weight is 434 g/mol. The van der Waals surface area contributed by atoms with Crippen LogP contribution < -0.4 is 4.90 Å². The smallest absolute Gasteiger partial charge is 0.450 e. The number of carboxylic acid groups (broad SMARTS) is 1. The monoisotopic (exact) mass is 434 g/mol. The number of hydrazine groups is 1. The van der Waals surface area contributed by atoms with E-state index >= 15 is 0 Å². The van der Waals surface area contributed by atoms with Crippen LogP contribution in [0.2, 0.25) is 0 Å². The minimum absolute atomic E-state index is 0.0807. The van der Waals surface area contributed by atoms with Gasteiger partial charge >= 0.3 is 12.2 Å². The standard InChI is InChI=1S/C20H30N6O5/c27-19-26(25-12-10-24(11-13-25)16-3-6-21-22-14-16)15-18(30-19)2-1-7-23-8-4-17(5-9-23)31-20(28)29/h3,6,14,17-18H,1-2,4-5,7-13,15H2,(H,28,29). The molecule has 3 fully saturated rings. The summed E-state index contributed by atoms with van der Waals surface area (Å²) in [5.74, 6) is 0. The van der Waals surface area contributed by atoms with E-state index in [-0.39, 0.29) is 18.3 Å². The van der Waals surface area contributed by atoms with E-state index in [4.69, 9.17) is 14.6 Å². The van der Waals surface area contributed by atoms with Gasteiger partial charge in [0.25, 0.3) is 0 Å². The Hall–Kier alpha value is -2.66. The molecular formula is C20H30N6O5. The summed E-state index contributed by atoms with van der Waals surface area (Å²) in [5, 5.41) is 20.3. The van der Waals surface area contributed by atoms with Gasteiger partial charge in [-0.05, 0) is 38.3 Å². The van der Waals surface area contributed by atoms with Gasteiger partial charge in [-0.3, -0.25) is 0 Å². The Balaban J connectivity index is 1.15. The third-order valence-corrected chi connectivity index (χ3v) is 6.19. The fourth-order valence-electron chi connectivity index (χ4n) is 4.49. The van der Waals surface area contributed by atoms with E-state index in [1.807, 2.05) is 6.07 Å². The summed E-state index contributed by atoms with van der Waals surface area (Å²) in [4.78, 5) is 27.6. The number of hydrogen-bond donors (Lipinski definition) is 1. The van der Waals surface area contributed by atoms with Crippen molar-refractivity contribution in [3.63, 3.8) is 0 Å². The summed E-state index contributed by atoms with van der Waals surface area (Å²) in [6.07, 6.45) is 4.98. The first kappa shape index (κ1) is 21.6. The molecule has 0 saturated carbocycles. The van der Waals surface area contributed by atoms with E-state index in [1.54, 1.807) is 17.4 Å². The Morgan fingerprint density at radius 2 is 1.94 bits per heavy atom. The predicted molar refractivity (Wildman–Crippen MR) is 111 cm³/mol. The molecule has 0 aromatic carbocycles. The summed E-state index contributed by atoms with van der Waals surface area (Å²) < 4.78 is 10.5. The van der Waals surface area contributed by atoms with Gasteiger partial charge in [0, 0.05) is 39.3 Å². The van der Waals surface area contributed by atoms with E-state index in [0.717, 1.165) is 77.2 Å². The van der Waals surface area contributed by atoms with Crippen LogP contribution in [0.4, 0.5) is 15.3 Å². The molecule has 0 bridgehead atoms. The van der Waals surface area contributed by atoms with E-state index in [9.17, 15) is 9.59 Å². The molecule has 3 aliphatic heterocycles. The van der Waals surface area contributed by atoms with Crippen molar-refractivity contribution in [1.82, 2.24) is 25.1 Å². The maximum atomic E-state index is 12.4. The van der Waals surface area contributed by atoms with Crippen LogP contribution in [0, 0.1) is 0 Å². The van der Waals surface area contributed by atoms with Crippen LogP contribution in [0.5, 0.6) is 0 Å². The maximum Gasteiger partial charge on any atom is 0.506 e. The molecule has 0 radical (unpaired) electrons. The molecule has 3 saturated heterocycles. The zero-order chi connectivity index (χ0) is 21.6. The molecule has 1 aromatic heterocycles. The van der Waals surface area contributed by atoms with Gasteiger partial charge in [-0.25, -0.2) is 19.6 Å². The van der Waals surface area contributed by atoms with E-state index < -0.39 is 6.16 Å². The van der Waals surface area contributed by atoms with Crippen LogP contribution in [0.15, 0.2) is 18.5 Å². The summed E-state index contributed by atoms with van der Waals surface area (Å²) in [6.45, 7) is 6.37. The lowest BCUT2D eigenvalue weighted by Gasteiger charge is -2.38. The van der Waals surface area contributed by atoms with Gasteiger partial charge in [-0.1, -0.05) is 0 Å². The van der Waals surface area contributed by atoms with Gasteiger partial charge in [-0.15, -0.1) is 0 Å². The predicted octanol–water partition coefficient (Wildman–Crippen LogP) is 1.27. The van der Waals surface area contributed by atoms with Gasteiger partial charge in [0.2, 0.25) is 0 Å². The number of nitrogens with zero attached hydrogens (tertiary/aromatic N) is 6. The number of anilines is 1. The molecule has 4 heterocycles. The highest BCUT2D eigenvalue weighted by Gasteiger charge is 2.36. The number of likely N-dealkylation sites (tertiary alicyclic amines) is 1. The Kier molecular flexibility index (Phi) is 7.03. The Bertz CT molecular complexity index is 737. The van der Waals surface area contributed by atoms with Crippen molar-refractivity contribution < 1.29 is 24.2 Å². The van der Waals surface area contributed by atoms with Gasteiger partial charge in [-0.2, -0.15) is 10.2 Å². The SMILES string of the molecule is O=C(O)OC1CCN(CCCC2CN(N3CCN(c4ccnnc4)CC3)C(=O)O2)CC1. The van der Waals surface area contributed by atoms with Crippen molar-refractivity contribution in [1.29, 1.82) is 0 Å². The number of hydrogen-bond acceptors (Lipinski definition) is 9. The zero-order valence-electron chi connectivity index (χ0n) is 17.6. The van der Waals surface area contributed by atoms with E-state index in [2.05, 4.69) is 25.0 Å². The molecule has 1 N–H and O–H groups in total. The minimum Gasteiger partial charge on any atom is -0.450 e. The first-order valence-corrected chi connectivity index (χ1v) is 10.9. The van der Waals surface area contributed by atoms with Crippen molar-refractivity contribution in [3.05, 3.63) is 18.5 Å². The van der Waals surface area contributed by atoms with Gasteiger partial charge in [0.1, 0.15) is 12.2 Å². The van der Waals surface area contributed by atoms with Crippen molar-refractivity contribution in [2.45, 2.75) is 37.9 Å². The molecule has 0 spiro atoms.